The number of hydrogen-bond acceptors (Lipinski definition) is 3. The minimum atomic E-state index is -3.58. The van der Waals surface area contributed by atoms with E-state index in [0.717, 1.165) is 27.3 Å². The molecule has 0 aromatic heterocycles. The van der Waals surface area contributed by atoms with Crippen molar-refractivity contribution >= 4 is 33.2 Å². The van der Waals surface area contributed by atoms with Crippen molar-refractivity contribution in [1.82, 2.24) is 5.32 Å². The van der Waals surface area contributed by atoms with Gasteiger partial charge in [0.2, 0.25) is 15.9 Å². The number of carbonyl (C=O) groups excluding carboxylic acids is 1. The van der Waals surface area contributed by atoms with Crippen molar-refractivity contribution in [1.29, 1.82) is 0 Å². The van der Waals surface area contributed by atoms with Gasteiger partial charge in [0.05, 0.1) is 11.9 Å². The lowest BCUT2D eigenvalue weighted by atomic mass is 10.1. The van der Waals surface area contributed by atoms with Crippen molar-refractivity contribution in [2.24, 2.45) is 0 Å². The summed E-state index contributed by atoms with van der Waals surface area (Å²) in [5, 5.41) is 3.41. The molecule has 7 heteroatoms. The number of nitrogens with zero attached hydrogens (tertiary/aromatic N) is 1. The Labute approximate surface area is 160 Å². The number of benzene rings is 2. The van der Waals surface area contributed by atoms with Crippen molar-refractivity contribution in [2.75, 3.05) is 23.7 Å². The van der Waals surface area contributed by atoms with Gasteiger partial charge >= 0.3 is 0 Å². The summed E-state index contributed by atoms with van der Waals surface area (Å²) in [7, 11) is -3.58. The first-order valence-corrected chi connectivity index (χ1v) is 10.5. The topological polar surface area (TPSA) is 66.5 Å². The molecular weight excluding hydrogens is 372 g/mol. The van der Waals surface area contributed by atoms with Crippen LogP contribution in [0, 0.1) is 13.8 Å². The third kappa shape index (κ3) is 5.75. The highest BCUT2D eigenvalue weighted by atomic mass is 35.5. The van der Waals surface area contributed by atoms with Crippen molar-refractivity contribution in [3.8, 4) is 0 Å². The van der Waals surface area contributed by atoms with E-state index < -0.39 is 10.0 Å². The second-order valence-corrected chi connectivity index (χ2v) is 8.63. The molecule has 0 radical (unpaired) electrons. The van der Waals surface area contributed by atoms with E-state index in [1.54, 1.807) is 12.1 Å². The second kappa shape index (κ2) is 8.56. The molecule has 5 nitrogen and oxygen atoms in total. The van der Waals surface area contributed by atoms with E-state index in [2.05, 4.69) is 5.32 Å². The van der Waals surface area contributed by atoms with Crippen LogP contribution in [-0.2, 0) is 21.2 Å². The minimum absolute atomic E-state index is 0.252. The number of nitrogens with one attached hydrogen (secondary N) is 1. The molecule has 0 fully saturated rings. The first-order chi connectivity index (χ1) is 12.2. The lowest BCUT2D eigenvalue weighted by Gasteiger charge is -2.24. The van der Waals surface area contributed by atoms with Crippen LogP contribution in [0.5, 0.6) is 0 Å². The van der Waals surface area contributed by atoms with Gasteiger partial charge in [-0.3, -0.25) is 9.10 Å². The monoisotopic (exact) mass is 394 g/mol. The minimum Gasteiger partial charge on any atom is -0.354 e. The highest BCUT2D eigenvalue weighted by Gasteiger charge is 2.22. The molecule has 0 saturated carbocycles. The number of aryl methyl sites for hydroxylation is 2. The summed E-state index contributed by atoms with van der Waals surface area (Å²) in [6.45, 7) is 3.92. The van der Waals surface area contributed by atoms with Crippen LogP contribution in [0.3, 0.4) is 0 Å². The van der Waals surface area contributed by atoms with Crippen LogP contribution in [0.4, 0.5) is 5.69 Å². The second-order valence-electron chi connectivity index (χ2n) is 6.29. The van der Waals surface area contributed by atoms with Crippen LogP contribution >= 0.6 is 11.6 Å². The summed E-state index contributed by atoms with van der Waals surface area (Å²) in [6, 6.07) is 12.9. The summed E-state index contributed by atoms with van der Waals surface area (Å²) in [6.07, 6.45) is 1.72. The molecular formula is C19H23ClN2O3S. The van der Waals surface area contributed by atoms with E-state index in [4.69, 9.17) is 11.6 Å². The predicted octanol–water partition coefficient (Wildman–Crippen LogP) is 3.08. The smallest absolute Gasteiger partial charge is 0.240 e. The van der Waals surface area contributed by atoms with Crippen molar-refractivity contribution in [2.45, 2.75) is 20.3 Å². The van der Waals surface area contributed by atoms with E-state index in [-0.39, 0.29) is 12.5 Å². The van der Waals surface area contributed by atoms with Gasteiger partial charge in [0.15, 0.2) is 0 Å². The molecule has 2 aromatic carbocycles. The van der Waals surface area contributed by atoms with Crippen LogP contribution in [-0.4, -0.2) is 33.7 Å². The van der Waals surface area contributed by atoms with E-state index in [1.807, 2.05) is 44.2 Å². The number of halogens is 1. The largest absolute Gasteiger partial charge is 0.354 e. The summed E-state index contributed by atoms with van der Waals surface area (Å²) in [4.78, 5) is 12.3. The first kappa shape index (κ1) is 20.3. The Bertz CT molecular complexity index is 897. The highest BCUT2D eigenvalue weighted by Crippen LogP contribution is 2.23. The molecule has 0 aliphatic heterocycles. The van der Waals surface area contributed by atoms with Crippen molar-refractivity contribution in [3.05, 3.63) is 64.2 Å². The third-order valence-corrected chi connectivity index (χ3v) is 5.29. The van der Waals surface area contributed by atoms with Crippen LogP contribution in [0.1, 0.15) is 16.7 Å². The zero-order valence-electron chi connectivity index (χ0n) is 15.1. The van der Waals surface area contributed by atoms with Gasteiger partial charge in [0.1, 0.15) is 6.54 Å². The van der Waals surface area contributed by atoms with Gasteiger partial charge < -0.3 is 5.32 Å². The molecule has 0 aliphatic carbocycles. The van der Waals surface area contributed by atoms with Crippen LogP contribution in [0.2, 0.25) is 5.02 Å². The SMILES string of the molecule is Cc1ccc(N(CC(=O)NCCc2cccc(Cl)c2)S(C)(=O)=O)c(C)c1. The maximum atomic E-state index is 12.3. The molecule has 0 saturated heterocycles. The van der Waals surface area contributed by atoms with Crippen LogP contribution in [0.25, 0.3) is 0 Å². The molecule has 0 bridgehead atoms. The Hall–Kier alpha value is -2.05. The lowest BCUT2D eigenvalue weighted by molar-refractivity contribution is -0.119. The van der Waals surface area contributed by atoms with Gasteiger partial charge in [-0.1, -0.05) is 41.4 Å². The molecule has 1 N–H and O–H groups in total. The molecule has 0 unspecified atom stereocenters. The molecule has 140 valence electrons. The van der Waals surface area contributed by atoms with E-state index in [1.165, 1.54) is 0 Å². The summed E-state index contributed by atoms with van der Waals surface area (Å²) in [5.41, 5.74) is 3.36. The Morgan fingerprint density at radius 1 is 1.15 bits per heavy atom. The van der Waals surface area contributed by atoms with E-state index >= 15 is 0 Å². The number of sulfonamides is 1. The summed E-state index contributed by atoms with van der Waals surface area (Å²) < 4.78 is 25.5. The number of carbonyl (C=O) groups is 1. The van der Waals surface area contributed by atoms with Gasteiger partial charge in [-0.15, -0.1) is 0 Å². The highest BCUT2D eigenvalue weighted by molar-refractivity contribution is 7.92. The van der Waals surface area contributed by atoms with Gasteiger partial charge in [-0.25, -0.2) is 8.42 Å². The standard InChI is InChI=1S/C19H23ClN2O3S/c1-14-7-8-18(15(2)11-14)22(26(3,24)25)13-19(23)21-10-9-16-5-4-6-17(20)12-16/h4-8,11-12H,9-10,13H2,1-3H3,(H,21,23). The molecule has 0 spiro atoms. The van der Waals surface area contributed by atoms with Gasteiger partial charge in [-0.2, -0.15) is 0 Å². The Morgan fingerprint density at radius 3 is 2.50 bits per heavy atom. The molecule has 2 rings (SSSR count). The molecule has 26 heavy (non-hydrogen) atoms. The zero-order valence-corrected chi connectivity index (χ0v) is 16.7. The molecule has 1 amide bonds. The maximum absolute atomic E-state index is 12.3. The maximum Gasteiger partial charge on any atom is 0.240 e. The van der Waals surface area contributed by atoms with Gasteiger partial charge in [0, 0.05) is 11.6 Å². The van der Waals surface area contributed by atoms with Crippen LogP contribution in [0.15, 0.2) is 42.5 Å². The number of hydrogen-bond donors (Lipinski definition) is 1. The first-order valence-electron chi connectivity index (χ1n) is 8.23. The molecule has 2 aromatic rings. The zero-order chi connectivity index (χ0) is 19.3. The summed E-state index contributed by atoms with van der Waals surface area (Å²) in [5.74, 6) is -0.350. The number of rotatable bonds is 7. The van der Waals surface area contributed by atoms with Gasteiger partial charge in [-0.05, 0) is 49.6 Å². The van der Waals surface area contributed by atoms with Crippen molar-refractivity contribution < 1.29 is 13.2 Å². The molecule has 0 atom stereocenters. The quantitative estimate of drug-likeness (QED) is 0.784. The van der Waals surface area contributed by atoms with E-state index in [0.29, 0.717) is 23.7 Å². The third-order valence-electron chi connectivity index (χ3n) is 3.93. The fourth-order valence-electron chi connectivity index (χ4n) is 2.69. The lowest BCUT2D eigenvalue weighted by Crippen LogP contribution is -2.41. The average Bonchev–Trinajstić information content (AvgIpc) is 2.52. The van der Waals surface area contributed by atoms with Crippen LogP contribution < -0.4 is 9.62 Å². The Balaban J connectivity index is 2.03. The average molecular weight is 395 g/mol. The summed E-state index contributed by atoms with van der Waals surface area (Å²) >= 11 is 5.94. The molecule has 0 aliphatic rings. The Kier molecular flexibility index (Phi) is 6.67. The Morgan fingerprint density at radius 2 is 1.88 bits per heavy atom. The fraction of sp³-hybridized carbons (Fsp3) is 0.316. The molecule has 0 heterocycles. The fourth-order valence-corrected chi connectivity index (χ4v) is 3.82. The van der Waals surface area contributed by atoms with Crippen molar-refractivity contribution in [3.63, 3.8) is 0 Å². The van der Waals surface area contributed by atoms with E-state index in [9.17, 15) is 13.2 Å². The normalized spacial score (nSPS) is 11.2. The number of anilines is 1. The number of amides is 1. The predicted molar refractivity (Wildman–Crippen MR) is 106 cm³/mol. The van der Waals surface area contributed by atoms with Gasteiger partial charge in [0.25, 0.3) is 0 Å².